The van der Waals surface area contributed by atoms with Crippen molar-refractivity contribution in [3.05, 3.63) is 35.4 Å². The molecule has 0 saturated carbocycles. The van der Waals surface area contributed by atoms with Gasteiger partial charge in [-0.25, -0.2) is 0 Å². The van der Waals surface area contributed by atoms with Crippen molar-refractivity contribution in [2.24, 2.45) is 0 Å². The van der Waals surface area contributed by atoms with Crippen molar-refractivity contribution in [3.8, 4) is 12.3 Å². The lowest BCUT2D eigenvalue weighted by Gasteiger charge is -2.04. The van der Waals surface area contributed by atoms with Crippen LogP contribution in [0.15, 0.2) is 24.3 Å². The highest BCUT2D eigenvalue weighted by Crippen LogP contribution is 2.11. The van der Waals surface area contributed by atoms with Crippen LogP contribution in [0, 0.1) is 12.3 Å². The van der Waals surface area contributed by atoms with Gasteiger partial charge in [-0.05, 0) is 43.2 Å². The lowest BCUT2D eigenvalue weighted by atomic mass is 10.0. The summed E-state index contributed by atoms with van der Waals surface area (Å²) in [5.74, 6) is 2.70. The van der Waals surface area contributed by atoms with E-state index in [-0.39, 0.29) is 0 Å². The minimum absolute atomic E-state index is 0.937. The monoisotopic (exact) mass is 242 g/mol. The van der Waals surface area contributed by atoms with Gasteiger partial charge in [-0.3, -0.25) is 0 Å². The predicted octanol–water partition coefficient (Wildman–Crippen LogP) is 5.16. The molecule has 0 aliphatic rings. The summed E-state index contributed by atoms with van der Waals surface area (Å²) in [5, 5.41) is 0. The molecule has 0 aromatic heterocycles. The lowest BCUT2D eigenvalue weighted by Crippen LogP contribution is -1.89. The first kappa shape index (κ1) is 14.8. The van der Waals surface area contributed by atoms with Crippen LogP contribution in [-0.4, -0.2) is 0 Å². The highest BCUT2D eigenvalue weighted by Gasteiger charge is 1.96. The van der Waals surface area contributed by atoms with E-state index in [4.69, 9.17) is 6.42 Å². The Balaban J connectivity index is 2.17. The fourth-order valence-electron chi connectivity index (χ4n) is 2.16. The molecule has 0 radical (unpaired) electrons. The largest absolute Gasteiger partial charge is 0.120 e. The van der Waals surface area contributed by atoms with Crippen LogP contribution in [0.25, 0.3) is 0 Å². The van der Waals surface area contributed by atoms with Crippen LogP contribution in [0.1, 0.15) is 63.0 Å². The van der Waals surface area contributed by atoms with Crippen molar-refractivity contribution >= 4 is 0 Å². The summed E-state index contributed by atoms with van der Waals surface area (Å²) in [4.78, 5) is 0. The maximum atomic E-state index is 5.23. The van der Waals surface area contributed by atoms with Gasteiger partial charge < -0.3 is 0 Å². The molecule has 1 aromatic carbocycles. The molecule has 18 heavy (non-hydrogen) atoms. The van der Waals surface area contributed by atoms with E-state index in [2.05, 4.69) is 37.1 Å². The van der Waals surface area contributed by atoms with Gasteiger partial charge in [0.05, 0.1) is 0 Å². The van der Waals surface area contributed by atoms with Crippen LogP contribution in [0.2, 0.25) is 0 Å². The second-order valence-corrected chi connectivity index (χ2v) is 5.04. The third kappa shape index (κ3) is 6.50. The number of unbranched alkanes of at least 4 members (excludes halogenated alkanes) is 5. The molecule has 0 heteroatoms. The third-order valence-electron chi connectivity index (χ3n) is 3.38. The Bertz CT molecular complexity index is 339. The van der Waals surface area contributed by atoms with Crippen LogP contribution in [0.5, 0.6) is 0 Å². The zero-order valence-electron chi connectivity index (χ0n) is 11.8. The first-order valence-electron chi connectivity index (χ1n) is 7.38. The maximum absolute atomic E-state index is 5.23. The van der Waals surface area contributed by atoms with Gasteiger partial charge in [0, 0.05) is 6.42 Å². The molecule has 0 amide bonds. The van der Waals surface area contributed by atoms with Crippen LogP contribution in [-0.2, 0) is 12.8 Å². The highest BCUT2D eigenvalue weighted by atomic mass is 14.0. The second kappa shape index (κ2) is 9.77. The molecule has 0 heterocycles. The standard InChI is InChI=1S/C18H26/c1-3-5-7-8-9-10-12-18-15-13-17(14-16-18)11-6-4-2/h1,13-16H,4-12H2,2H3. The minimum atomic E-state index is 0.937. The van der Waals surface area contributed by atoms with Gasteiger partial charge in [0.15, 0.2) is 0 Å². The van der Waals surface area contributed by atoms with Crippen LogP contribution in [0.4, 0.5) is 0 Å². The molecule has 0 unspecified atom stereocenters. The van der Waals surface area contributed by atoms with Gasteiger partial charge in [-0.1, -0.05) is 50.5 Å². The summed E-state index contributed by atoms with van der Waals surface area (Å²) in [7, 11) is 0. The Labute approximate surface area is 113 Å². The van der Waals surface area contributed by atoms with Gasteiger partial charge in [-0.2, -0.15) is 0 Å². The lowest BCUT2D eigenvalue weighted by molar-refractivity contribution is 0.650. The summed E-state index contributed by atoms with van der Waals surface area (Å²) in [6, 6.07) is 9.19. The summed E-state index contributed by atoms with van der Waals surface area (Å²) < 4.78 is 0. The van der Waals surface area contributed by atoms with Gasteiger partial charge in [0.25, 0.3) is 0 Å². The van der Waals surface area contributed by atoms with Crippen molar-refractivity contribution in [1.82, 2.24) is 0 Å². The van der Waals surface area contributed by atoms with E-state index in [1.165, 1.54) is 62.5 Å². The molecule has 0 N–H and O–H groups in total. The van der Waals surface area contributed by atoms with Gasteiger partial charge in [0.1, 0.15) is 0 Å². The van der Waals surface area contributed by atoms with E-state index < -0.39 is 0 Å². The van der Waals surface area contributed by atoms with E-state index in [1.807, 2.05) is 0 Å². The zero-order chi connectivity index (χ0) is 13.1. The number of terminal acetylenes is 1. The second-order valence-electron chi connectivity index (χ2n) is 5.04. The summed E-state index contributed by atoms with van der Waals surface area (Å²) in [5.41, 5.74) is 2.96. The summed E-state index contributed by atoms with van der Waals surface area (Å²) in [6.07, 6.45) is 16.2. The molecular weight excluding hydrogens is 216 g/mol. The third-order valence-corrected chi connectivity index (χ3v) is 3.38. The Kier molecular flexibility index (Phi) is 8.06. The molecule has 98 valence electrons. The molecular formula is C18H26. The van der Waals surface area contributed by atoms with Crippen LogP contribution < -0.4 is 0 Å². The minimum Gasteiger partial charge on any atom is -0.120 e. The van der Waals surface area contributed by atoms with Crippen molar-refractivity contribution < 1.29 is 0 Å². The average Bonchev–Trinajstić information content (AvgIpc) is 2.42. The fourth-order valence-corrected chi connectivity index (χ4v) is 2.16. The predicted molar refractivity (Wildman–Crippen MR) is 80.7 cm³/mol. The summed E-state index contributed by atoms with van der Waals surface area (Å²) >= 11 is 0. The first-order chi connectivity index (χ1) is 8.86. The Morgan fingerprint density at radius 1 is 0.833 bits per heavy atom. The van der Waals surface area contributed by atoms with Gasteiger partial charge >= 0.3 is 0 Å². The Hall–Kier alpha value is -1.22. The number of hydrogen-bond acceptors (Lipinski definition) is 0. The number of hydrogen-bond donors (Lipinski definition) is 0. The number of benzene rings is 1. The smallest absolute Gasteiger partial charge is 0.00860 e. The van der Waals surface area contributed by atoms with Crippen molar-refractivity contribution in [1.29, 1.82) is 0 Å². The van der Waals surface area contributed by atoms with Crippen molar-refractivity contribution in [2.45, 2.75) is 64.7 Å². The van der Waals surface area contributed by atoms with Crippen LogP contribution in [0.3, 0.4) is 0 Å². The average molecular weight is 242 g/mol. The molecule has 0 atom stereocenters. The molecule has 0 nitrogen and oxygen atoms in total. The topological polar surface area (TPSA) is 0 Å². The van der Waals surface area contributed by atoms with Gasteiger partial charge in [-0.15, -0.1) is 12.3 Å². The molecule has 1 rings (SSSR count). The Morgan fingerprint density at radius 2 is 1.39 bits per heavy atom. The molecule has 1 aromatic rings. The Morgan fingerprint density at radius 3 is 1.94 bits per heavy atom. The number of rotatable bonds is 9. The van der Waals surface area contributed by atoms with E-state index >= 15 is 0 Å². The van der Waals surface area contributed by atoms with Gasteiger partial charge in [0.2, 0.25) is 0 Å². The molecule has 0 spiro atoms. The highest BCUT2D eigenvalue weighted by molar-refractivity contribution is 5.22. The molecule has 0 aliphatic heterocycles. The fraction of sp³-hybridized carbons (Fsp3) is 0.556. The molecule has 0 bridgehead atoms. The van der Waals surface area contributed by atoms with E-state index in [9.17, 15) is 0 Å². The molecule has 0 saturated heterocycles. The van der Waals surface area contributed by atoms with Crippen LogP contribution >= 0.6 is 0 Å². The summed E-state index contributed by atoms with van der Waals surface area (Å²) in [6.45, 7) is 2.24. The van der Waals surface area contributed by atoms with Crippen molar-refractivity contribution in [3.63, 3.8) is 0 Å². The molecule has 0 fully saturated rings. The maximum Gasteiger partial charge on any atom is 0.00860 e. The van der Waals surface area contributed by atoms with E-state index in [0.29, 0.717) is 0 Å². The normalized spacial score (nSPS) is 10.2. The van der Waals surface area contributed by atoms with Crippen molar-refractivity contribution in [2.75, 3.05) is 0 Å². The first-order valence-corrected chi connectivity index (χ1v) is 7.38. The quantitative estimate of drug-likeness (QED) is 0.415. The molecule has 0 aliphatic carbocycles. The SMILES string of the molecule is C#CCCCCCCc1ccc(CCCC)cc1. The zero-order valence-corrected chi connectivity index (χ0v) is 11.8. The number of aryl methyl sites for hydroxylation is 2. The van der Waals surface area contributed by atoms with E-state index in [1.54, 1.807) is 0 Å². The van der Waals surface area contributed by atoms with E-state index in [0.717, 1.165) is 6.42 Å².